The zero-order chi connectivity index (χ0) is 17.5. The molecule has 0 aliphatic carbocycles. The van der Waals surface area contributed by atoms with Crippen molar-refractivity contribution in [2.45, 2.75) is 20.3 Å². The van der Waals surface area contributed by atoms with Crippen molar-refractivity contribution in [2.24, 2.45) is 0 Å². The number of esters is 1. The zero-order valence-corrected chi connectivity index (χ0v) is 13.9. The molecule has 0 fully saturated rings. The van der Waals surface area contributed by atoms with Gasteiger partial charge in [-0.25, -0.2) is 14.8 Å². The van der Waals surface area contributed by atoms with Gasteiger partial charge in [-0.2, -0.15) is 0 Å². The Bertz CT molecular complexity index is 729. The fraction of sp³-hybridized carbons (Fsp3) is 0.294. The molecule has 1 amide bonds. The van der Waals surface area contributed by atoms with Crippen LogP contribution in [0.5, 0.6) is 0 Å². The Morgan fingerprint density at radius 3 is 2.50 bits per heavy atom. The van der Waals surface area contributed by atoms with Crippen molar-refractivity contribution < 1.29 is 14.3 Å². The molecular formula is C17H20N4O3. The summed E-state index contributed by atoms with van der Waals surface area (Å²) in [6.45, 7) is 4.58. The topological polar surface area (TPSA) is 93.2 Å². The molecule has 7 heteroatoms. The average Bonchev–Trinajstić information content (AvgIpc) is 2.59. The summed E-state index contributed by atoms with van der Waals surface area (Å²) in [5.74, 6) is -0.333. The number of nitrogens with one attached hydrogen (secondary N) is 2. The number of hydrogen-bond acceptors (Lipinski definition) is 6. The van der Waals surface area contributed by atoms with Crippen LogP contribution in [0.15, 0.2) is 30.3 Å². The lowest BCUT2D eigenvalue weighted by atomic mass is 10.2. The second-order valence-electron chi connectivity index (χ2n) is 5.17. The van der Waals surface area contributed by atoms with Gasteiger partial charge in [0.05, 0.1) is 12.7 Å². The Kier molecular flexibility index (Phi) is 5.83. The molecule has 0 atom stereocenters. The predicted octanol–water partition coefficient (Wildman–Crippen LogP) is 2.65. The average molecular weight is 328 g/mol. The standard InChI is InChI=1S/C17H20N4O3/c1-4-9-18-17-19-11(2)10-14(21-17)15(22)20-13-7-5-12(6-8-13)16(23)24-3/h5-8,10H,4,9H2,1-3H3,(H,20,22)(H,18,19,21). The zero-order valence-electron chi connectivity index (χ0n) is 13.9. The number of methoxy groups -OCH3 is 1. The van der Waals surface area contributed by atoms with Crippen LogP contribution in [0.4, 0.5) is 11.6 Å². The fourth-order valence-corrected chi connectivity index (χ4v) is 2.00. The maximum Gasteiger partial charge on any atom is 0.337 e. The van der Waals surface area contributed by atoms with Crippen molar-refractivity contribution in [1.29, 1.82) is 0 Å². The lowest BCUT2D eigenvalue weighted by molar-refractivity contribution is 0.0600. The third-order valence-corrected chi connectivity index (χ3v) is 3.18. The van der Waals surface area contributed by atoms with Crippen LogP contribution in [0, 0.1) is 6.92 Å². The van der Waals surface area contributed by atoms with E-state index in [1.54, 1.807) is 37.3 Å². The van der Waals surface area contributed by atoms with Crippen LogP contribution in [0.3, 0.4) is 0 Å². The van der Waals surface area contributed by atoms with Gasteiger partial charge in [0.25, 0.3) is 5.91 Å². The summed E-state index contributed by atoms with van der Waals surface area (Å²) >= 11 is 0. The summed E-state index contributed by atoms with van der Waals surface area (Å²) in [4.78, 5) is 32.2. The van der Waals surface area contributed by atoms with Gasteiger partial charge >= 0.3 is 5.97 Å². The minimum atomic E-state index is -0.425. The van der Waals surface area contributed by atoms with Crippen LogP contribution in [0.2, 0.25) is 0 Å². The maximum absolute atomic E-state index is 12.3. The third kappa shape index (κ3) is 4.52. The second-order valence-corrected chi connectivity index (χ2v) is 5.17. The Labute approximate surface area is 140 Å². The van der Waals surface area contributed by atoms with Crippen LogP contribution in [0.1, 0.15) is 39.9 Å². The van der Waals surface area contributed by atoms with E-state index >= 15 is 0 Å². The lowest BCUT2D eigenvalue weighted by Gasteiger charge is -2.08. The first-order valence-electron chi connectivity index (χ1n) is 7.62. The quantitative estimate of drug-likeness (QED) is 0.792. The summed E-state index contributed by atoms with van der Waals surface area (Å²) in [6, 6.07) is 8.06. The minimum absolute atomic E-state index is 0.276. The molecule has 0 aliphatic rings. The molecule has 0 unspecified atom stereocenters. The first-order valence-corrected chi connectivity index (χ1v) is 7.62. The molecule has 1 aromatic heterocycles. The number of benzene rings is 1. The number of carbonyl (C=O) groups is 2. The second kappa shape index (κ2) is 8.05. The maximum atomic E-state index is 12.3. The van der Waals surface area contributed by atoms with Gasteiger partial charge in [0.1, 0.15) is 5.69 Å². The molecule has 7 nitrogen and oxygen atoms in total. The Morgan fingerprint density at radius 2 is 1.88 bits per heavy atom. The molecule has 24 heavy (non-hydrogen) atoms. The summed E-state index contributed by atoms with van der Waals surface area (Å²) in [7, 11) is 1.32. The third-order valence-electron chi connectivity index (χ3n) is 3.18. The van der Waals surface area contributed by atoms with E-state index in [0.717, 1.165) is 13.0 Å². The Morgan fingerprint density at radius 1 is 1.17 bits per heavy atom. The van der Waals surface area contributed by atoms with Gasteiger partial charge in [0, 0.05) is 17.9 Å². The fourth-order valence-electron chi connectivity index (χ4n) is 2.00. The molecule has 0 saturated carbocycles. The van der Waals surface area contributed by atoms with Gasteiger partial charge < -0.3 is 15.4 Å². The highest BCUT2D eigenvalue weighted by molar-refractivity contribution is 6.03. The van der Waals surface area contributed by atoms with E-state index in [1.807, 2.05) is 6.92 Å². The van der Waals surface area contributed by atoms with E-state index in [-0.39, 0.29) is 11.6 Å². The molecule has 126 valence electrons. The van der Waals surface area contributed by atoms with Crippen LogP contribution >= 0.6 is 0 Å². The number of carbonyl (C=O) groups excluding carboxylic acids is 2. The van der Waals surface area contributed by atoms with Crippen molar-refractivity contribution in [2.75, 3.05) is 24.3 Å². The van der Waals surface area contributed by atoms with Gasteiger partial charge in [-0.15, -0.1) is 0 Å². The molecular weight excluding hydrogens is 308 g/mol. The van der Waals surface area contributed by atoms with Crippen molar-refractivity contribution in [3.05, 3.63) is 47.3 Å². The highest BCUT2D eigenvalue weighted by Crippen LogP contribution is 2.13. The van der Waals surface area contributed by atoms with Gasteiger partial charge in [0.15, 0.2) is 0 Å². The largest absolute Gasteiger partial charge is 0.465 e. The van der Waals surface area contributed by atoms with E-state index in [2.05, 4.69) is 25.3 Å². The van der Waals surface area contributed by atoms with E-state index in [4.69, 9.17) is 0 Å². The minimum Gasteiger partial charge on any atom is -0.465 e. The van der Waals surface area contributed by atoms with E-state index in [9.17, 15) is 9.59 Å². The summed E-state index contributed by atoms with van der Waals surface area (Å²) in [5, 5.41) is 5.81. The Hall–Kier alpha value is -2.96. The molecule has 2 aromatic rings. The summed E-state index contributed by atoms with van der Waals surface area (Å²) in [5.41, 5.74) is 1.96. The van der Waals surface area contributed by atoms with Crippen LogP contribution in [-0.2, 0) is 4.74 Å². The first kappa shape index (κ1) is 17.4. The number of nitrogens with zero attached hydrogens (tertiary/aromatic N) is 2. The van der Waals surface area contributed by atoms with Crippen molar-refractivity contribution in [3.8, 4) is 0 Å². The number of anilines is 2. The van der Waals surface area contributed by atoms with Gasteiger partial charge in [-0.05, 0) is 43.7 Å². The molecule has 1 heterocycles. The number of amides is 1. The van der Waals surface area contributed by atoms with Crippen LogP contribution in [0.25, 0.3) is 0 Å². The number of aromatic nitrogens is 2. The van der Waals surface area contributed by atoms with Gasteiger partial charge in [0.2, 0.25) is 5.95 Å². The van der Waals surface area contributed by atoms with Crippen LogP contribution in [-0.4, -0.2) is 35.5 Å². The Balaban J connectivity index is 2.11. The number of aryl methyl sites for hydroxylation is 1. The van der Waals surface area contributed by atoms with Crippen molar-refractivity contribution >= 4 is 23.5 Å². The molecule has 0 bridgehead atoms. The number of rotatable bonds is 6. The summed E-state index contributed by atoms with van der Waals surface area (Å²) < 4.78 is 4.63. The highest BCUT2D eigenvalue weighted by atomic mass is 16.5. The van der Waals surface area contributed by atoms with E-state index in [1.165, 1.54) is 7.11 Å². The molecule has 0 radical (unpaired) electrons. The molecule has 1 aromatic carbocycles. The van der Waals surface area contributed by atoms with Crippen molar-refractivity contribution in [1.82, 2.24) is 9.97 Å². The molecule has 0 spiro atoms. The smallest absolute Gasteiger partial charge is 0.337 e. The van der Waals surface area contributed by atoms with E-state index < -0.39 is 5.97 Å². The van der Waals surface area contributed by atoms with Gasteiger partial charge in [-0.1, -0.05) is 6.92 Å². The summed E-state index contributed by atoms with van der Waals surface area (Å²) in [6.07, 6.45) is 0.936. The molecule has 2 rings (SSSR count). The monoisotopic (exact) mass is 328 g/mol. The van der Waals surface area contributed by atoms with E-state index in [0.29, 0.717) is 22.9 Å². The van der Waals surface area contributed by atoms with Crippen molar-refractivity contribution in [3.63, 3.8) is 0 Å². The normalized spacial score (nSPS) is 10.1. The highest BCUT2D eigenvalue weighted by Gasteiger charge is 2.12. The number of ether oxygens (including phenoxy) is 1. The molecule has 0 aliphatic heterocycles. The molecule has 0 saturated heterocycles. The lowest BCUT2D eigenvalue weighted by Crippen LogP contribution is -2.16. The van der Waals surface area contributed by atoms with Gasteiger partial charge in [-0.3, -0.25) is 4.79 Å². The predicted molar refractivity (Wildman–Crippen MR) is 91.3 cm³/mol. The molecule has 2 N–H and O–H groups in total. The number of hydrogen-bond donors (Lipinski definition) is 2. The SMILES string of the molecule is CCCNc1nc(C)cc(C(=O)Nc2ccc(C(=O)OC)cc2)n1. The first-order chi connectivity index (χ1) is 11.5. The van der Waals surface area contributed by atoms with Crippen LogP contribution < -0.4 is 10.6 Å².